The fourth-order valence-electron chi connectivity index (χ4n) is 2.79. The van der Waals surface area contributed by atoms with Gasteiger partial charge in [0.05, 0.1) is 24.5 Å². The molecule has 0 bridgehead atoms. The van der Waals surface area contributed by atoms with E-state index < -0.39 is 5.97 Å². The lowest BCUT2D eigenvalue weighted by atomic mass is 10.1. The van der Waals surface area contributed by atoms with E-state index in [9.17, 15) is 9.59 Å². The summed E-state index contributed by atoms with van der Waals surface area (Å²) in [5.74, 6) is -0.875. The number of methoxy groups -OCH3 is 1. The van der Waals surface area contributed by atoms with Crippen molar-refractivity contribution in [2.24, 2.45) is 5.92 Å². The number of hydrogen-bond donors (Lipinski definition) is 1. The number of rotatable bonds is 7. The van der Waals surface area contributed by atoms with Gasteiger partial charge < -0.3 is 14.6 Å². The first-order chi connectivity index (χ1) is 13.8. The van der Waals surface area contributed by atoms with Crippen LogP contribution in [0.15, 0.2) is 29.0 Å². The van der Waals surface area contributed by atoms with Crippen molar-refractivity contribution >= 4 is 39.1 Å². The Bertz CT molecular complexity index is 1010. The average Bonchev–Trinajstić information content (AvgIpc) is 3.35. The lowest BCUT2D eigenvalue weighted by molar-refractivity contribution is -0.118. The molecule has 29 heavy (non-hydrogen) atoms. The van der Waals surface area contributed by atoms with Gasteiger partial charge in [0.1, 0.15) is 21.7 Å². The van der Waals surface area contributed by atoms with Crippen molar-refractivity contribution in [1.82, 2.24) is 15.0 Å². The van der Waals surface area contributed by atoms with E-state index >= 15 is 0 Å². The molecule has 3 rings (SSSR count). The minimum atomic E-state index is -0.495. The molecular formula is C20H24N4O4S. The molecule has 0 saturated heterocycles. The van der Waals surface area contributed by atoms with E-state index in [1.165, 1.54) is 18.4 Å². The third-order valence-electron chi connectivity index (χ3n) is 4.71. The molecule has 0 saturated carbocycles. The van der Waals surface area contributed by atoms with Gasteiger partial charge in [0.15, 0.2) is 0 Å². The van der Waals surface area contributed by atoms with Gasteiger partial charge in [0.2, 0.25) is 5.91 Å². The zero-order valence-electron chi connectivity index (χ0n) is 17.1. The highest BCUT2D eigenvalue weighted by molar-refractivity contribution is 7.21. The van der Waals surface area contributed by atoms with E-state index in [0.717, 1.165) is 16.8 Å². The first-order valence-electron chi connectivity index (χ1n) is 9.24. The number of pyridine rings is 1. The summed E-state index contributed by atoms with van der Waals surface area (Å²) < 4.78 is 9.81. The molecule has 3 heterocycles. The lowest BCUT2D eigenvalue weighted by Crippen LogP contribution is -2.22. The number of thiophene rings is 1. The van der Waals surface area contributed by atoms with Gasteiger partial charge in [-0.25, -0.2) is 9.78 Å². The molecule has 0 radical (unpaired) electrons. The van der Waals surface area contributed by atoms with Crippen LogP contribution >= 0.6 is 11.3 Å². The van der Waals surface area contributed by atoms with Crippen LogP contribution < -0.4 is 5.32 Å². The molecule has 154 valence electrons. The predicted molar refractivity (Wildman–Crippen MR) is 111 cm³/mol. The number of anilines is 1. The molecule has 3 aromatic rings. The Balaban J connectivity index is 1.91. The lowest BCUT2D eigenvalue weighted by Gasteiger charge is -2.22. The number of fused-ring (bicyclic) bond motifs is 1. The summed E-state index contributed by atoms with van der Waals surface area (Å²) in [5.41, 5.74) is 2.14. The second-order valence-corrected chi connectivity index (χ2v) is 8.11. The Hall–Kier alpha value is -2.78. The van der Waals surface area contributed by atoms with Crippen LogP contribution in [0.5, 0.6) is 0 Å². The van der Waals surface area contributed by atoms with Gasteiger partial charge in [-0.1, -0.05) is 19.0 Å². The second-order valence-electron chi connectivity index (χ2n) is 7.11. The molecule has 1 amide bonds. The third kappa shape index (κ3) is 4.46. The maximum Gasteiger partial charge on any atom is 0.350 e. The van der Waals surface area contributed by atoms with Crippen LogP contribution in [0.4, 0.5) is 5.69 Å². The number of carbonyl (C=O) groups excluding carboxylic acids is 2. The first-order valence-corrected chi connectivity index (χ1v) is 10.1. The number of amides is 1. The van der Waals surface area contributed by atoms with Crippen LogP contribution in [0, 0.1) is 5.92 Å². The zero-order chi connectivity index (χ0) is 21.1. The van der Waals surface area contributed by atoms with Crippen LogP contribution in [0.2, 0.25) is 0 Å². The van der Waals surface area contributed by atoms with Crippen LogP contribution in [-0.2, 0) is 16.1 Å². The number of nitrogens with one attached hydrogen (secondary N) is 1. The molecule has 8 nitrogen and oxygen atoms in total. The fourth-order valence-corrected chi connectivity index (χ4v) is 3.85. The average molecular weight is 417 g/mol. The van der Waals surface area contributed by atoms with Crippen molar-refractivity contribution in [3.05, 3.63) is 40.7 Å². The number of hydrogen-bond acceptors (Lipinski definition) is 8. The Morgan fingerprint density at radius 2 is 2.03 bits per heavy atom. The van der Waals surface area contributed by atoms with Gasteiger partial charge in [-0.2, -0.15) is 0 Å². The van der Waals surface area contributed by atoms with Crippen molar-refractivity contribution in [1.29, 1.82) is 0 Å². The number of ether oxygens (including phenoxy) is 1. The van der Waals surface area contributed by atoms with Crippen LogP contribution in [0.1, 0.15) is 47.9 Å². The summed E-state index contributed by atoms with van der Waals surface area (Å²) >= 11 is 1.21. The highest BCUT2D eigenvalue weighted by Crippen LogP contribution is 2.36. The van der Waals surface area contributed by atoms with Crippen LogP contribution in [0.25, 0.3) is 10.2 Å². The smallest absolute Gasteiger partial charge is 0.350 e. The van der Waals surface area contributed by atoms with Gasteiger partial charge >= 0.3 is 5.97 Å². The van der Waals surface area contributed by atoms with Crippen molar-refractivity contribution in [3.63, 3.8) is 0 Å². The van der Waals surface area contributed by atoms with Gasteiger partial charge in [0, 0.05) is 23.9 Å². The summed E-state index contributed by atoms with van der Waals surface area (Å²) in [6.45, 7) is 6.22. The van der Waals surface area contributed by atoms with E-state index in [-0.39, 0.29) is 17.9 Å². The van der Waals surface area contributed by atoms with E-state index in [1.54, 1.807) is 20.1 Å². The normalized spacial score (nSPS) is 12.5. The minimum absolute atomic E-state index is 0.0566. The zero-order valence-corrected chi connectivity index (χ0v) is 17.9. The Morgan fingerprint density at radius 3 is 2.66 bits per heavy atom. The number of esters is 1. The third-order valence-corrected chi connectivity index (χ3v) is 5.79. The molecule has 0 aliphatic heterocycles. The molecule has 9 heteroatoms. The van der Waals surface area contributed by atoms with Gasteiger partial charge in [-0.3, -0.25) is 9.69 Å². The predicted octanol–water partition coefficient (Wildman–Crippen LogP) is 3.86. The molecule has 1 N–H and O–H groups in total. The molecule has 0 aliphatic carbocycles. The summed E-state index contributed by atoms with van der Waals surface area (Å²) in [4.78, 5) is 32.3. The summed E-state index contributed by atoms with van der Waals surface area (Å²) in [6, 6.07) is 5.67. The van der Waals surface area contributed by atoms with Gasteiger partial charge in [0.25, 0.3) is 0 Å². The fraction of sp³-hybridized carbons (Fsp3) is 0.400. The largest absolute Gasteiger partial charge is 0.465 e. The molecule has 1 atom stereocenters. The van der Waals surface area contributed by atoms with E-state index in [4.69, 9.17) is 14.2 Å². The van der Waals surface area contributed by atoms with E-state index in [0.29, 0.717) is 21.9 Å². The minimum Gasteiger partial charge on any atom is -0.465 e. The monoisotopic (exact) mass is 416 g/mol. The van der Waals surface area contributed by atoms with Gasteiger partial charge in [-0.15, -0.1) is 11.3 Å². The Labute approximate surface area is 172 Å². The first kappa shape index (κ1) is 20.9. The molecule has 0 aromatic carbocycles. The van der Waals surface area contributed by atoms with Crippen molar-refractivity contribution in [2.75, 3.05) is 19.5 Å². The van der Waals surface area contributed by atoms with Gasteiger partial charge in [-0.05, 0) is 26.1 Å². The Morgan fingerprint density at radius 1 is 1.28 bits per heavy atom. The highest BCUT2D eigenvalue weighted by atomic mass is 32.1. The highest BCUT2D eigenvalue weighted by Gasteiger charge is 2.23. The standard InChI is InChI=1S/C20H24N4O4S/c1-11(2)18(25)22-16-14-7-6-13(21-19(14)29-17(16)20(26)27-5)10-24(4)12(3)15-8-9-28-23-15/h6-9,11-12H,10H2,1-5H3,(H,22,25). The van der Waals surface area contributed by atoms with E-state index in [1.807, 2.05) is 32.2 Å². The molecular weight excluding hydrogens is 392 g/mol. The number of aromatic nitrogens is 2. The SMILES string of the molecule is COC(=O)c1sc2nc(CN(C)C(C)c3ccon3)ccc2c1NC(=O)C(C)C. The topological polar surface area (TPSA) is 97.6 Å². The summed E-state index contributed by atoms with van der Waals surface area (Å²) in [6.07, 6.45) is 1.55. The molecule has 0 fully saturated rings. The summed E-state index contributed by atoms with van der Waals surface area (Å²) in [5, 5.41) is 7.56. The maximum atomic E-state index is 12.2. The molecule has 1 unspecified atom stereocenters. The number of carbonyl (C=O) groups is 2. The van der Waals surface area contributed by atoms with E-state index in [2.05, 4.69) is 15.4 Å². The maximum absolute atomic E-state index is 12.2. The van der Waals surface area contributed by atoms with Crippen molar-refractivity contribution in [2.45, 2.75) is 33.4 Å². The quantitative estimate of drug-likeness (QED) is 0.584. The van der Waals surface area contributed by atoms with Crippen LogP contribution in [0.3, 0.4) is 0 Å². The molecule has 0 aliphatic rings. The second kappa shape index (κ2) is 8.71. The Kier molecular flexibility index (Phi) is 6.29. The van der Waals surface area contributed by atoms with Crippen LogP contribution in [-0.4, -0.2) is 41.1 Å². The molecule has 0 spiro atoms. The molecule has 3 aromatic heterocycles. The summed E-state index contributed by atoms with van der Waals surface area (Å²) in [7, 11) is 3.30. The van der Waals surface area contributed by atoms with Crippen molar-refractivity contribution in [3.8, 4) is 0 Å². The van der Waals surface area contributed by atoms with Crippen molar-refractivity contribution < 1.29 is 18.8 Å². The number of nitrogens with zero attached hydrogens (tertiary/aromatic N) is 3.